The molecule has 3 rings (SSSR count). The van der Waals surface area contributed by atoms with Gasteiger partial charge in [0, 0.05) is 30.5 Å². The van der Waals surface area contributed by atoms with E-state index in [0.717, 1.165) is 17.1 Å². The molecule has 0 bridgehead atoms. The zero-order chi connectivity index (χ0) is 13.5. The monoisotopic (exact) mass is 335 g/mol. The molecule has 1 saturated heterocycles. The van der Waals surface area contributed by atoms with Crippen LogP contribution in [0, 0.1) is 0 Å². The van der Waals surface area contributed by atoms with Gasteiger partial charge in [0.25, 0.3) is 0 Å². The van der Waals surface area contributed by atoms with Crippen LogP contribution in [0.2, 0.25) is 0 Å². The minimum absolute atomic E-state index is 0.145. The molecule has 0 aromatic heterocycles. The number of fused-ring (bicyclic) bond motifs is 2. The number of nitrogens with zero attached hydrogens (tertiary/aromatic N) is 1. The lowest BCUT2D eigenvalue weighted by Gasteiger charge is -2.39. The highest BCUT2D eigenvalue weighted by molar-refractivity contribution is 8.20. The predicted molar refractivity (Wildman–Crippen MR) is 82.5 cm³/mol. The number of hydrogen-bond donors (Lipinski definition) is 0. The highest BCUT2D eigenvalue weighted by Gasteiger charge is 2.48. The number of halogens is 1. The average molecular weight is 336 g/mol. The molecular formula is C12H14ClNO2S3. The molecule has 2 aliphatic rings. The van der Waals surface area contributed by atoms with Crippen LogP contribution in [0.25, 0.3) is 0 Å². The summed E-state index contributed by atoms with van der Waals surface area (Å²) in [7, 11) is -3.39. The van der Waals surface area contributed by atoms with E-state index in [2.05, 4.69) is 0 Å². The van der Waals surface area contributed by atoms with Crippen molar-refractivity contribution in [3.05, 3.63) is 29.8 Å². The third kappa shape index (κ3) is 2.21. The zero-order valence-corrected chi connectivity index (χ0v) is 13.4. The lowest BCUT2D eigenvalue weighted by atomic mass is 10.1. The van der Waals surface area contributed by atoms with E-state index in [1.807, 2.05) is 35.7 Å². The van der Waals surface area contributed by atoms with Gasteiger partial charge in [-0.3, -0.25) is 0 Å². The first-order valence-electron chi connectivity index (χ1n) is 6.04. The summed E-state index contributed by atoms with van der Waals surface area (Å²) in [6, 6.07) is 7.38. The van der Waals surface area contributed by atoms with Crippen LogP contribution in [-0.2, 0) is 14.1 Å². The van der Waals surface area contributed by atoms with Crippen LogP contribution in [0.3, 0.4) is 0 Å². The van der Waals surface area contributed by atoms with Crippen molar-refractivity contribution < 1.29 is 8.42 Å². The third-order valence-electron chi connectivity index (χ3n) is 3.39. The second-order valence-electron chi connectivity index (χ2n) is 4.47. The molecule has 1 spiro atoms. The first-order valence-corrected chi connectivity index (χ1v) is 9.98. The molecule has 0 atom stereocenters. The Bertz CT molecular complexity index is 584. The smallest absolute Gasteiger partial charge is 0.207 e. The molecule has 1 aromatic rings. The highest BCUT2D eigenvalue weighted by Crippen LogP contribution is 2.56. The second kappa shape index (κ2) is 5.15. The average Bonchev–Trinajstić information content (AvgIpc) is 2.87. The summed E-state index contributed by atoms with van der Waals surface area (Å²) in [5, 5.41) is 0. The molecule has 0 N–H and O–H groups in total. The third-order valence-corrected chi connectivity index (χ3v) is 8.87. The summed E-state index contributed by atoms with van der Waals surface area (Å²) in [6.45, 7) is 0.898. The van der Waals surface area contributed by atoms with Gasteiger partial charge in [-0.1, -0.05) is 18.2 Å². The molecule has 0 aliphatic carbocycles. The minimum atomic E-state index is -3.39. The van der Waals surface area contributed by atoms with Gasteiger partial charge >= 0.3 is 0 Å². The first kappa shape index (κ1) is 14.1. The summed E-state index contributed by atoms with van der Waals surface area (Å²) >= 11 is 9.47. The molecule has 0 unspecified atom stereocenters. The van der Waals surface area contributed by atoms with Crippen molar-refractivity contribution in [2.75, 3.05) is 30.5 Å². The molecule has 0 amide bonds. The lowest BCUT2D eigenvalue weighted by molar-refractivity contribution is 0.406. The summed E-state index contributed by atoms with van der Waals surface area (Å²) in [6.07, 6.45) is 0. The van der Waals surface area contributed by atoms with E-state index in [-0.39, 0.29) is 4.08 Å². The van der Waals surface area contributed by atoms with Crippen LogP contribution in [-0.4, -0.2) is 43.2 Å². The van der Waals surface area contributed by atoms with E-state index in [1.54, 1.807) is 12.1 Å². The van der Waals surface area contributed by atoms with E-state index in [4.69, 9.17) is 11.6 Å². The van der Waals surface area contributed by atoms with Gasteiger partial charge in [0.05, 0.1) is 4.90 Å². The molecule has 0 radical (unpaired) electrons. The van der Waals surface area contributed by atoms with E-state index in [0.29, 0.717) is 23.9 Å². The number of benzene rings is 1. The number of rotatable bonds is 2. The molecule has 0 saturated carbocycles. The highest BCUT2D eigenvalue weighted by atomic mass is 35.5. The summed E-state index contributed by atoms with van der Waals surface area (Å²) in [5.74, 6) is 2.45. The Hall–Kier alpha value is 0.120. The fourth-order valence-electron chi connectivity index (χ4n) is 2.54. The van der Waals surface area contributed by atoms with Gasteiger partial charge in [0.2, 0.25) is 10.0 Å². The summed E-state index contributed by atoms with van der Waals surface area (Å²) in [4.78, 5) is 0.452. The van der Waals surface area contributed by atoms with E-state index in [9.17, 15) is 8.42 Å². The SMILES string of the molecule is O=S1(=O)c2ccccc2C2(CN1CCCl)SCCS2. The summed E-state index contributed by atoms with van der Waals surface area (Å²) < 4.78 is 26.6. The van der Waals surface area contributed by atoms with Crippen molar-refractivity contribution in [1.29, 1.82) is 0 Å². The quantitative estimate of drug-likeness (QED) is 0.778. The second-order valence-corrected chi connectivity index (χ2v) is 9.80. The first-order chi connectivity index (χ1) is 9.10. The molecule has 3 nitrogen and oxygen atoms in total. The van der Waals surface area contributed by atoms with Crippen LogP contribution in [0.15, 0.2) is 29.2 Å². The van der Waals surface area contributed by atoms with E-state index >= 15 is 0 Å². The largest absolute Gasteiger partial charge is 0.243 e. The Morgan fingerprint density at radius 1 is 1.26 bits per heavy atom. The molecule has 19 heavy (non-hydrogen) atoms. The summed E-state index contributed by atoms with van der Waals surface area (Å²) in [5.41, 5.74) is 0.952. The molecule has 2 aliphatic heterocycles. The van der Waals surface area contributed by atoms with Gasteiger partial charge in [0.1, 0.15) is 4.08 Å². The van der Waals surface area contributed by atoms with Crippen LogP contribution in [0.1, 0.15) is 5.56 Å². The Kier molecular flexibility index (Phi) is 3.81. The maximum atomic E-state index is 12.6. The maximum Gasteiger partial charge on any atom is 0.243 e. The number of sulfonamides is 1. The normalized spacial score (nSPS) is 24.5. The fraction of sp³-hybridized carbons (Fsp3) is 0.500. The van der Waals surface area contributed by atoms with Crippen molar-refractivity contribution in [2.45, 2.75) is 8.97 Å². The van der Waals surface area contributed by atoms with Gasteiger partial charge in [0.15, 0.2) is 0 Å². The van der Waals surface area contributed by atoms with Crippen molar-refractivity contribution in [3.63, 3.8) is 0 Å². The zero-order valence-electron chi connectivity index (χ0n) is 10.2. The maximum absolute atomic E-state index is 12.6. The molecule has 1 aromatic carbocycles. The Labute approximate surface area is 127 Å². The number of alkyl halides is 1. The van der Waals surface area contributed by atoms with Crippen molar-refractivity contribution in [1.82, 2.24) is 4.31 Å². The van der Waals surface area contributed by atoms with Crippen molar-refractivity contribution >= 4 is 45.1 Å². The molecule has 1 fully saturated rings. The molecule has 7 heteroatoms. The van der Waals surface area contributed by atoms with Crippen LogP contribution >= 0.6 is 35.1 Å². The standard InChI is InChI=1S/C12H14ClNO2S3/c13-5-6-14-9-12(17-7-8-18-12)10-3-1-2-4-11(10)19(14,15)16/h1-4H,5-9H2. The van der Waals surface area contributed by atoms with Crippen LogP contribution in [0.5, 0.6) is 0 Å². The van der Waals surface area contributed by atoms with E-state index in [1.165, 1.54) is 4.31 Å². The number of thioether (sulfide) groups is 2. The Morgan fingerprint density at radius 2 is 1.95 bits per heavy atom. The molecular weight excluding hydrogens is 322 g/mol. The van der Waals surface area contributed by atoms with Gasteiger partial charge in [-0.05, 0) is 11.6 Å². The minimum Gasteiger partial charge on any atom is -0.207 e. The number of hydrogen-bond acceptors (Lipinski definition) is 4. The lowest BCUT2D eigenvalue weighted by Crippen LogP contribution is -2.46. The Morgan fingerprint density at radius 3 is 2.63 bits per heavy atom. The Balaban J connectivity index is 2.17. The van der Waals surface area contributed by atoms with Crippen LogP contribution in [0.4, 0.5) is 0 Å². The topological polar surface area (TPSA) is 37.4 Å². The van der Waals surface area contributed by atoms with E-state index < -0.39 is 10.0 Å². The predicted octanol–water partition coefficient (Wildman–Crippen LogP) is 2.56. The van der Waals surface area contributed by atoms with Crippen molar-refractivity contribution in [3.8, 4) is 0 Å². The van der Waals surface area contributed by atoms with Gasteiger partial charge < -0.3 is 0 Å². The molecule has 2 heterocycles. The molecule has 104 valence electrons. The van der Waals surface area contributed by atoms with Gasteiger partial charge in [-0.25, -0.2) is 8.42 Å². The van der Waals surface area contributed by atoms with Gasteiger partial charge in [-0.15, -0.1) is 35.1 Å². The van der Waals surface area contributed by atoms with Gasteiger partial charge in [-0.2, -0.15) is 4.31 Å². The van der Waals surface area contributed by atoms with Crippen LogP contribution < -0.4 is 0 Å². The fourth-order valence-corrected chi connectivity index (χ4v) is 8.20. The van der Waals surface area contributed by atoms with Crippen molar-refractivity contribution in [2.24, 2.45) is 0 Å².